The highest BCUT2D eigenvalue weighted by Gasteiger charge is 1.93. The van der Waals surface area contributed by atoms with Crippen molar-refractivity contribution in [1.29, 1.82) is 0 Å². The molecular formula is C6H9O2. The van der Waals surface area contributed by atoms with E-state index in [0.717, 1.165) is 0 Å². The molecule has 0 amide bonds. The minimum Gasteiger partial charge on any atom is -0.466 e. The van der Waals surface area contributed by atoms with E-state index in [1.807, 2.05) is 0 Å². The molecule has 0 aliphatic rings. The van der Waals surface area contributed by atoms with Crippen LogP contribution in [0.4, 0.5) is 0 Å². The SMILES string of the molecule is C=[C]CC(=O)OCC. The highest BCUT2D eigenvalue weighted by Crippen LogP contribution is 1.83. The standard InChI is InChI=1S/C6H9O2/c1-3-5-6(7)8-4-2/h1,4-5H2,2H3. The van der Waals surface area contributed by atoms with Gasteiger partial charge in [0.2, 0.25) is 0 Å². The van der Waals surface area contributed by atoms with E-state index in [1.165, 1.54) is 0 Å². The number of rotatable bonds is 3. The fourth-order valence-corrected chi connectivity index (χ4v) is 0.314. The molecule has 0 aromatic rings. The lowest BCUT2D eigenvalue weighted by molar-refractivity contribution is -0.142. The second kappa shape index (κ2) is 4.37. The van der Waals surface area contributed by atoms with Crippen molar-refractivity contribution in [3.05, 3.63) is 12.7 Å². The van der Waals surface area contributed by atoms with Gasteiger partial charge in [0.25, 0.3) is 0 Å². The molecule has 0 aliphatic heterocycles. The fraction of sp³-hybridized carbons (Fsp3) is 0.500. The second-order valence-electron chi connectivity index (χ2n) is 1.23. The van der Waals surface area contributed by atoms with Gasteiger partial charge >= 0.3 is 5.97 Å². The molecule has 45 valence electrons. The van der Waals surface area contributed by atoms with Crippen LogP contribution in [0.25, 0.3) is 0 Å². The highest BCUT2D eigenvalue weighted by atomic mass is 16.5. The molecule has 0 aliphatic carbocycles. The number of carbonyl (C=O) groups is 1. The van der Waals surface area contributed by atoms with E-state index in [1.54, 1.807) is 6.92 Å². The molecule has 0 fully saturated rings. The van der Waals surface area contributed by atoms with Crippen molar-refractivity contribution in [2.24, 2.45) is 0 Å². The van der Waals surface area contributed by atoms with Gasteiger partial charge in [0, 0.05) is 0 Å². The maximum Gasteiger partial charge on any atom is 0.310 e. The van der Waals surface area contributed by atoms with Gasteiger partial charge < -0.3 is 4.74 Å². The Balaban J connectivity index is 3.18. The third-order valence-electron chi connectivity index (χ3n) is 0.575. The van der Waals surface area contributed by atoms with Gasteiger partial charge in [-0.25, -0.2) is 0 Å². The zero-order valence-corrected chi connectivity index (χ0v) is 4.94. The van der Waals surface area contributed by atoms with Crippen molar-refractivity contribution in [3.8, 4) is 0 Å². The van der Waals surface area contributed by atoms with Gasteiger partial charge in [-0.1, -0.05) is 6.58 Å². The Bertz CT molecular complexity index is 86.5. The van der Waals surface area contributed by atoms with Crippen molar-refractivity contribution in [3.63, 3.8) is 0 Å². The largest absolute Gasteiger partial charge is 0.466 e. The summed E-state index contributed by atoms with van der Waals surface area (Å²) in [5, 5.41) is 0. The summed E-state index contributed by atoms with van der Waals surface area (Å²) in [6, 6.07) is 0. The molecule has 8 heavy (non-hydrogen) atoms. The lowest BCUT2D eigenvalue weighted by atomic mass is 10.4. The van der Waals surface area contributed by atoms with Crippen LogP contribution in [0.3, 0.4) is 0 Å². The molecule has 0 atom stereocenters. The third kappa shape index (κ3) is 3.40. The normalized spacial score (nSPS) is 8.12. The van der Waals surface area contributed by atoms with Crippen LogP contribution in [0.1, 0.15) is 13.3 Å². The Morgan fingerprint density at radius 1 is 1.88 bits per heavy atom. The number of carbonyl (C=O) groups excluding carboxylic acids is 1. The molecule has 0 rings (SSSR count). The van der Waals surface area contributed by atoms with Crippen LogP contribution >= 0.6 is 0 Å². The lowest BCUT2D eigenvalue weighted by Gasteiger charge is -1.94. The van der Waals surface area contributed by atoms with E-state index in [9.17, 15) is 4.79 Å². The summed E-state index contributed by atoms with van der Waals surface area (Å²) in [5.41, 5.74) is 0. The van der Waals surface area contributed by atoms with E-state index >= 15 is 0 Å². The first-order valence-electron chi connectivity index (χ1n) is 2.46. The number of hydrogen-bond acceptors (Lipinski definition) is 2. The Kier molecular flexibility index (Phi) is 3.94. The topological polar surface area (TPSA) is 26.3 Å². The van der Waals surface area contributed by atoms with E-state index in [0.29, 0.717) is 6.61 Å². The highest BCUT2D eigenvalue weighted by molar-refractivity contribution is 5.70. The second-order valence-corrected chi connectivity index (χ2v) is 1.23. The van der Waals surface area contributed by atoms with Gasteiger partial charge in [-0.3, -0.25) is 4.79 Å². The zero-order valence-electron chi connectivity index (χ0n) is 4.94. The summed E-state index contributed by atoms with van der Waals surface area (Å²) in [4.78, 5) is 10.3. The zero-order chi connectivity index (χ0) is 6.41. The minimum atomic E-state index is -0.262. The molecule has 0 bridgehead atoms. The van der Waals surface area contributed by atoms with Crippen molar-refractivity contribution in [2.45, 2.75) is 13.3 Å². The summed E-state index contributed by atoms with van der Waals surface area (Å²) < 4.78 is 4.54. The van der Waals surface area contributed by atoms with Crippen molar-refractivity contribution < 1.29 is 9.53 Å². The van der Waals surface area contributed by atoms with Crippen LogP contribution in [-0.2, 0) is 9.53 Å². The first-order valence-corrected chi connectivity index (χ1v) is 2.46. The van der Waals surface area contributed by atoms with Crippen LogP contribution in [0, 0.1) is 6.08 Å². The van der Waals surface area contributed by atoms with Crippen LogP contribution < -0.4 is 0 Å². The van der Waals surface area contributed by atoms with Crippen LogP contribution in [0.2, 0.25) is 0 Å². The molecule has 1 radical (unpaired) electrons. The minimum absolute atomic E-state index is 0.188. The molecule has 0 heterocycles. The Labute approximate surface area is 49.1 Å². The monoisotopic (exact) mass is 113 g/mol. The van der Waals surface area contributed by atoms with E-state index < -0.39 is 0 Å². The molecule has 0 spiro atoms. The van der Waals surface area contributed by atoms with E-state index in [2.05, 4.69) is 17.4 Å². The Morgan fingerprint density at radius 3 is 2.88 bits per heavy atom. The summed E-state index contributed by atoms with van der Waals surface area (Å²) >= 11 is 0. The molecule has 0 saturated heterocycles. The summed E-state index contributed by atoms with van der Waals surface area (Å²) in [6.07, 6.45) is 2.62. The van der Waals surface area contributed by atoms with Crippen molar-refractivity contribution in [2.75, 3.05) is 6.61 Å². The average molecular weight is 113 g/mol. The summed E-state index contributed by atoms with van der Waals surface area (Å²) in [6.45, 7) is 5.45. The molecule has 2 nitrogen and oxygen atoms in total. The molecule has 0 N–H and O–H groups in total. The van der Waals surface area contributed by atoms with Gasteiger partial charge in [0.15, 0.2) is 0 Å². The molecule has 0 unspecified atom stereocenters. The lowest BCUT2D eigenvalue weighted by Crippen LogP contribution is -2.01. The quantitative estimate of drug-likeness (QED) is 0.509. The third-order valence-corrected chi connectivity index (χ3v) is 0.575. The first kappa shape index (κ1) is 7.21. The number of ether oxygens (including phenoxy) is 1. The predicted molar refractivity (Wildman–Crippen MR) is 30.1 cm³/mol. The van der Waals surface area contributed by atoms with Gasteiger partial charge in [0.1, 0.15) is 0 Å². The van der Waals surface area contributed by atoms with Crippen LogP contribution in [-0.4, -0.2) is 12.6 Å². The molecular weight excluding hydrogens is 104 g/mol. The fourth-order valence-electron chi connectivity index (χ4n) is 0.314. The van der Waals surface area contributed by atoms with E-state index in [-0.39, 0.29) is 12.4 Å². The summed E-state index contributed by atoms with van der Waals surface area (Å²) in [7, 11) is 0. The number of hydrogen-bond donors (Lipinski definition) is 0. The van der Waals surface area contributed by atoms with Crippen molar-refractivity contribution >= 4 is 5.97 Å². The number of esters is 1. The van der Waals surface area contributed by atoms with Crippen LogP contribution in [0.5, 0.6) is 0 Å². The maximum atomic E-state index is 10.3. The average Bonchev–Trinajstić information content (AvgIpc) is 1.68. The Morgan fingerprint density at radius 2 is 2.50 bits per heavy atom. The Hall–Kier alpha value is -0.790. The molecule has 0 saturated carbocycles. The smallest absolute Gasteiger partial charge is 0.310 e. The predicted octanol–water partition coefficient (Wildman–Crippen LogP) is 0.929. The molecule has 0 aromatic heterocycles. The van der Waals surface area contributed by atoms with Gasteiger partial charge in [-0.05, 0) is 13.0 Å². The van der Waals surface area contributed by atoms with Gasteiger partial charge in [0.05, 0.1) is 13.0 Å². The maximum absolute atomic E-state index is 10.3. The van der Waals surface area contributed by atoms with Crippen LogP contribution in [0.15, 0.2) is 6.58 Å². The van der Waals surface area contributed by atoms with Crippen molar-refractivity contribution in [1.82, 2.24) is 0 Å². The summed E-state index contributed by atoms with van der Waals surface area (Å²) in [5.74, 6) is -0.262. The van der Waals surface area contributed by atoms with Gasteiger partial charge in [-0.2, -0.15) is 0 Å². The first-order chi connectivity index (χ1) is 3.81. The molecule has 2 heteroatoms. The van der Waals surface area contributed by atoms with Gasteiger partial charge in [-0.15, -0.1) is 0 Å². The van der Waals surface area contributed by atoms with E-state index in [4.69, 9.17) is 0 Å². The molecule has 0 aromatic carbocycles.